The highest BCUT2D eigenvalue weighted by Gasteiger charge is 2.13. The van der Waals surface area contributed by atoms with E-state index in [4.69, 9.17) is 0 Å². The number of aromatic nitrogens is 1. The maximum Gasteiger partial charge on any atom is 0.126 e. The van der Waals surface area contributed by atoms with Gasteiger partial charge in [0.05, 0.1) is 0 Å². The molecule has 1 unspecified atom stereocenters. The molecule has 1 N–H and O–H groups in total. The highest BCUT2D eigenvalue weighted by Crippen LogP contribution is 2.25. The van der Waals surface area contributed by atoms with Crippen molar-refractivity contribution >= 4 is 33.5 Å². The summed E-state index contributed by atoms with van der Waals surface area (Å²) in [6.07, 6.45) is 5.97. The SMILES string of the molecule is Cc1cc(NCC2CCCCS2)ncc1Br. The Morgan fingerprint density at radius 2 is 2.44 bits per heavy atom. The van der Waals surface area contributed by atoms with Gasteiger partial charge in [0.25, 0.3) is 0 Å². The van der Waals surface area contributed by atoms with Crippen LogP contribution in [0.15, 0.2) is 16.7 Å². The van der Waals surface area contributed by atoms with Crippen molar-refractivity contribution in [3.63, 3.8) is 0 Å². The second kappa shape index (κ2) is 5.92. The smallest absolute Gasteiger partial charge is 0.126 e. The molecule has 0 spiro atoms. The zero-order chi connectivity index (χ0) is 11.4. The molecule has 0 amide bonds. The summed E-state index contributed by atoms with van der Waals surface area (Å²) >= 11 is 5.55. The summed E-state index contributed by atoms with van der Waals surface area (Å²) in [5.74, 6) is 2.31. The zero-order valence-corrected chi connectivity index (χ0v) is 11.9. The van der Waals surface area contributed by atoms with E-state index in [1.807, 2.05) is 6.20 Å². The fourth-order valence-corrected chi connectivity index (χ4v) is 3.28. The third kappa shape index (κ3) is 3.39. The lowest BCUT2D eigenvalue weighted by Gasteiger charge is -2.21. The molecule has 2 rings (SSSR count). The Hall–Kier alpha value is -0.220. The number of nitrogens with zero attached hydrogens (tertiary/aromatic N) is 1. The van der Waals surface area contributed by atoms with Crippen LogP contribution in [0.4, 0.5) is 5.82 Å². The minimum absolute atomic E-state index is 0.763. The summed E-state index contributed by atoms with van der Waals surface area (Å²) in [6.45, 7) is 3.13. The van der Waals surface area contributed by atoms with Crippen LogP contribution >= 0.6 is 27.7 Å². The fraction of sp³-hybridized carbons (Fsp3) is 0.583. The Kier molecular flexibility index (Phi) is 4.53. The predicted octanol–water partition coefficient (Wildman–Crippen LogP) is 3.85. The summed E-state index contributed by atoms with van der Waals surface area (Å²) < 4.78 is 1.07. The van der Waals surface area contributed by atoms with E-state index in [-0.39, 0.29) is 0 Å². The lowest BCUT2D eigenvalue weighted by Crippen LogP contribution is -2.20. The minimum atomic E-state index is 0.763. The molecule has 2 nitrogen and oxygen atoms in total. The van der Waals surface area contributed by atoms with Crippen molar-refractivity contribution in [2.75, 3.05) is 17.6 Å². The first-order valence-electron chi connectivity index (χ1n) is 5.73. The molecule has 2 heterocycles. The third-order valence-electron chi connectivity index (χ3n) is 2.83. The number of hydrogen-bond donors (Lipinski definition) is 1. The molecule has 16 heavy (non-hydrogen) atoms. The molecule has 1 aromatic rings. The standard InChI is InChI=1S/C12H17BrN2S/c1-9-6-12(15-8-11(9)13)14-7-10-4-2-3-5-16-10/h6,8,10H,2-5,7H2,1H3,(H,14,15). The van der Waals surface area contributed by atoms with E-state index in [1.165, 1.54) is 30.6 Å². The topological polar surface area (TPSA) is 24.9 Å². The van der Waals surface area contributed by atoms with Crippen molar-refractivity contribution in [1.82, 2.24) is 4.98 Å². The van der Waals surface area contributed by atoms with Gasteiger partial charge in [0.2, 0.25) is 0 Å². The molecule has 1 aliphatic heterocycles. The quantitative estimate of drug-likeness (QED) is 0.918. The van der Waals surface area contributed by atoms with Gasteiger partial charge < -0.3 is 5.32 Å². The van der Waals surface area contributed by atoms with Gasteiger partial charge in [-0.15, -0.1) is 0 Å². The van der Waals surface area contributed by atoms with Crippen LogP contribution in [0.1, 0.15) is 24.8 Å². The van der Waals surface area contributed by atoms with E-state index in [1.54, 1.807) is 0 Å². The number of halogens is 1. The van der Waals surface area contributed by atoms with Crippen molar-refractivity contribution in [2.45, 2.75) is 31.4 Å². The number of hydrogen-bond acceptors (Lipinski definition) is 3. The zero-order valence-electron chi connectivity index (χ0n) is 9.50. The summed E-state index contributed by atoms with van der Waals surface area (Å²) in [4.78, 5) is 4.36. The number of nitrogens with one attached hydrogen (secondary N) is 1. The lowest BCUT2D eigenvalue weighted by atomic mass is 10.2. The van der Waals surface area contributed by atoms with Crippen LogP contribution in [-0.4, -0.2) is 22.5 Å². The first kappa shape index (κ1) is 12.2. The van der Waals surface area contributed by atoms with Crippen LogP contribution in [0, 0.1) is 6.92 Å². The van der Waals surface area contributed by atoms with Gasteiger partial charge in [-0.3, -0.25) is 0 Å². The molecule has 1 fully saturated rings. The van der Waals surface area contributed by atoms with Gasteiger partial charge in [0.1, 0.15) is 5.82 Å². The molecular formula is C12H17BrN2S. The first-order valence-corrected chi connectivity index (χ1v) is 7.57. The molecular weight excluding hydrogens is 284 g/mol. The Morgan fingerprint density at radius 1 is 1.56 bits per heavy atom. The van der Waals surface area contributed by atoms with Crippen molar-refractivity contribution in [2.24, 2.45) is 0 Å². The Balaban J connectivity index is 1.86. The summed E-state index contributed by atoms with van der Waals surface area (Å²) in [6, 6.07) is 2.09. The highest BCUT2D eigenvalue weighted by atomic mass is 79.9. The number of pyridine rings is 1. The second-order valence-corrected chi connectivity index (χ2v) is 6.45. The van der Waals surface area contributed by atoms with E-state index in [9.17, 15) is 0 Å². The summed E-state index contributed by atoms with van der Waals surface area (Å²) in [5.41, 5.74) is 1.23. The molecule has 0 bridgehead atoms. The number of rotatable bonds is 3. The monoisotopic (exact) mass is 300 g/mol. The average Bonchev–Trinajstić information content (AvgIpc) is 2.32. The van der Waals surface area contributed by atoms with Crippen molar-refractivity contribution < 1.29 is 0 Å². The summed E-state index contributed by atoms with van der Waals surface area (Å²) in [5, 5.41) is 4.19. The van der Waals surface area contributed by atoms with Gasteiger partial charge in [-0.2, -0.15) is 11.8 Å². The first-order chi connectivity index (χ1) is 7.75. The molecule has 1 aromatic heterocycles. The van der Waals surface area contributed by atoms with Crippen molar-refractivity contribution in [1.29, 1.82) is 0 Å². The number of anilines is 1. The van der Waals surface area contributed by atoms with Crippen LogP contribution in [0.25, 0.3) is 0 Å². The number of thioether (sulfide) groups is 1. The van der Waals surface area contributed by atoms with Crippen LogP contribution < -0.4 is 5.32 Å². The summed E-state index contributed by atoms with van der Waals surface area (Å²) in [7, 11) is 0. The third-order valence-corrected chi connectivity index (χ3v) is 5.06. The molecule has 0 aromatic carbocycles. The normalized spacial score (nSPS) is 20.8. The molecule has 88 valence electrons. The van der Waals surface area contributed by atoms with Crippen LogP contribution in [0.2, 0.25) is 0 Å². The maximum atomic E-state index is 4.36. The largest absolute Gasteiger partial charge is 0.369 e. The minimum Gasteiger partial charge on any atom is -0.369 e. The molecule has 1 saturated heterocycles. The maximum absolute atomic E-state index is 4.36. The van der Waals surface area contributed by atoms with Gasteiger partial charge >= 0.3 is 0 Å². The van der Waals surface area contributed by atoms with Gasteiger partial charge in [-0.1, -0.05) is 6.42 Å². The molecule has 0 aliphatic carbocycles. The molecule has 0 radical (unpaired) electrons. The van der Waals surface area contributed by atoms with E-state index < -0.39 is 0 Å². The Labute approximate surface area is 110 Å². The van der Waals surface area contributed by atoms with Crippen LogP contribution in [-0.2, 0) is 0 Å². The molecule has 1 aliphatic rings. The van der Waals surface area contributed by atoms with Gasteiger partial charge in [-0.25, -0.2) is 4.98 Å². The van der Waals surface area contributed by atoms with Crippen LogP contribution in [0.3, 0.4) is 0 Å². The van der Waals surface area contributed by atoms with E-state index in [0.717, 1.165) is 22.1 Å². The van der Waals surface area contributed by atoms with Crippen LogP contribution in [0.5, 0.6) is 0 Å². The molecule has 0 saturated carbocycles. The van der Waals surface area contributed by atoms with E-state index in [0.29, 0.717) is 0 Å². The van der Waals surface area contributed by atoms with Gasteiger partial charge in [0, 0.05) is 22.5 Å². The number of aryl methyl sites for hydroxylation is 1. The molecule has 1 atom stereocenters. The highest BCUT2D eigenvalue weighted by molar-refractivity contribution is 9.10. The predicted molar refractivity (Wildman–Crippen MR) is 75.3 cm³/mol. The lowest BCUT2D eigenvalue weighted by molar-refractivity contribution is 0.677. The van der Waals surface area contributed by atoms with E-state index in [2.05, 4.69) is 51.0 Å². The average molecular weight is 301 g/mol. The Morgan fingerprint density at radius 3 is 3.12 bits per heavy atom. The molecule has 4 heteroatoms. The van der Waals surface area contributed by atoms with Crippen molar-refractivity contribution in [3.05, 3.63) is 22.3 Å². The van der Waals surface area contributed by atoms with E-state index >= 15 is 0 Å². The Bertz CT molecular complexity index is 351. The van der Waals surface area contributed by atoms with Gasteiger partial charge in [-0.05, 0) is 53.1 Å². The van der Waals surface area contributed by atoms with Gasteiger partial charge in [0.15, 0.2) is 0 Å². The van der Waals surface area contributed by atoms with Crippen molar-refractivity contribution in [3.8, 4) is 0 Å². The fourth-order valence-electron chi connectivity index (χ4n) is 1.82. The second-order valence-electron chi connectivity index (χ2n) is 4.19.